The van der Waals surface area contributed by atoms with Crippen LogP contribution in [-0.2, 0) is 4.79 Å². The van der Waals surface area contributed by atoms with Crippen molar-refractivity contribution in [2.24, 2.45) is 0 Å². The lowest BCUT2D eigenvalue weighted by molar-refractivity contribution is -0.113. The highest BCUT2D eigenvalue weighted by atomic mass is 32.1. The molecule has 3 heterocycles. The topological polar surface area (TPSA) is 81.1 Å². The van der Waals surface area contributed by atoms with E-state index in [9.17, 15) is 4.79 Å². The van der Waals surface area contributed by atoms with Gasteiger partial charge in [0.15, 0.2) is 5.82 Å². The Hall–Kier alpha value is -4.43. The van der Waals surface area contributed by atoms with Crippen LogP contribution < -0.4 is 15.4 Å². The number of hydrogen-bond donors (Lipinski definition) is 2. The number of allylic oxidation sites excluding steroid dienone is 1. The molecular weight excluding hydrogens is 482 g/mol. The predicted molar refractivity (Wildman–Crippen MR) is 148 cm³/mol. The molecule has 0 spiro atoms. The summed E-state index contributed by atoms with van der Waals surface area (Å²) in [6, 6.07) is 23.3. The summed E-state index contributed by atoms with van der Waals surface area (Å²) in [5, 5.41) is 15.6. The number of hydrogen-bond acceptors (Lipinski definition) is 6. The summed E-state index contributed by atoms with van der Waals surface area (Å²) in [6.45, 7) is 3.96. The third-order valence-electron chi connectivity index (χ3n) is 6.63. The standard InChI is InChI=1S/C29H25N5O2S/c1-17-15-16-37-26(17)25-24(28(35)31-22-13-6-7-14-23(22)36-3)18(2)30-29-32-27(33-34(25)29)21-12-8-10-19-9-4-5-11-20(19)21/h4-16,25H,1-3H3,(H,31,35)(H,30,32,33). The van der Waals surface area contributed by atoms with E-state index >= 15 is 0 Å². The zero-order valence-electron chi connectivity index (χ0n) is 20.6. The number of nitrogens with zero attached hydrogens (tertiary/aromatic N) is 3. The average Bonchev–Trinajstić information content (AvgIpc) is 3.53. The van der Waals surface area contributed by atoms with Gasteiger partial charge in [0.2, 0.25) is 5.95 Å². The number of para-hydroxylation sites is 2. The van der Waals surface area contributed by atoms with Crippen LogP contribution >= 0.6 is 11.3 Å². The fourth-order valence-corrected chi connectivity index (χ4v) is 5.84. The Morgan fingerprint density at radius 2 is 1.81 bits per heavy atom. The van der Waals surface area contributed by atoms with Gasteiger partial charge >= 0.3 is 0 Å². The van der Waals surface area contributed by atoms with E-state index < -0.39 is 6.04 Å². The third kappa shape index (κ3) is 3.95. The number of aryl methyl sites for hydroxylation is 1. The van der Waals surface area contributed by atoms with Crippen molar-refractivity contribution < 1.29 is 9.53 Å². The van der Waals surface area contributed by atoms with Crippen LogP contribution in [0, 0.1) is 6.92 Å². The molecule has 2 N–H and O–H groups in total. The van der Waals surface area contributed by atoms with E-state index in [-0.39, 0.29) is 5.91 Å². The summed E-state index contributed by atoms with van der Waals surface area (Å²) in [6.07, 6.45) is 0. The number of rotatable bonds is 5. The Morgan fingerprint density at radius 3 is 2.62 bits per heavy atom. The minimum atomic E-state index is -0.429. The minimum Gasteiger partial charge on any atom is -0.495 e. The second-order valence-electron chi connectivity index (χ2n) is 8.92. The van der Waals surface area contributed by atoms with Crippen LogP contribution in [-0.4, -0.2) is 27.8 Å². The highest BCUT2D eigenvalue weighted by Crippen LogP contribution is 2.41. The van der Waals surface area contributed by atoms with E-state index in [2.05, 4.69) is 41.8 Å². The zero-order chi connectivity index (χ0) is 25.5. The van der Waals surface area contributed by atoms with Gasteiger partial charge in [-0.3, -0.25) is 4.79 Å². The molecule has 0 saturated heterocycles. The number of carbonyl (C=O) groups excluding carboxylic acids is 1. The van der Waals surface area contributed by atoms with Crippen molar-refractivity contribution in [3.8, 4) is 17.1 Å². The number of aromatic nitrogens is 3. The van der Waals surface area contributed by atoms with Crippen LogP contribution in [0.2, 0.25) is 0 Å². The quantitative estimate of drug-likeness (QED) is 0.288. The van der Waals surface area contributed by atoms with Gasteiger partial charge in [-0.05, 0) is 53.8 Å². The van der Waals surface area contributed by atoms with Crippen molar-refractivity contribution in [2.75, 3.05) is 17.7 Å². The Labute approximate surface area is 218 Å². The average molecular weight is 508 g/mol. The van der Waals surface area contributed by atoms with Crippen molar-refractivity contribution in [1.82, 2.24) is 14.8 Å². The molecule has 0 fully saturated rings. The van der Waals surface area contributed by atoms with Crippen LogP contribution in [0.4, 0.5) is 11.6 Å². The Morgan fingerprint density at radius 1 is 1.03 bits per heavy atom. The number of ether oxygens (including phenoxy) is 1. The summed E-state index contributed by atoms with van der Waals surface area (Å²) in [7, 11) is 1.59. The number of carbonyl (C=O) groups is 1. The predicted octanol–water partition coefficient (Wildman–Crippen LogP) is 6.40. The summed E-state index contributed by atoms with van der Waals surface area (Å²) in [4.78, 5) is 19.7. The molecule has 5 aromatic rings. The van der Waals surface area contributed by atoms with Gasteiger partial charge in [0.05, 0.1) is 18.4 Å². The van der Waals surface area contributed by atoms with Gasteiger partial charge in [-0.25, -0.2) is 4.68 Å². The molecule has 1 atom stereocenters. The van der Waals surface area contributed by atoms with Crippen LogP contribution in [0.1, 0.15) is 23.4 Å². The zero-order valence-corrected chi connectivity index (χ0v) is 21.5. The molecule has 6 rings (SSSR count). The fourth-order valence-electron chi connectivity index (χ4n) is 4.82. The van der Waals surface area contributed by atoms with Crippen LogP contribution in [0.15, 0.2) is 89.4 Å². The van der Waals surface area contributed by atoms with Crippen molar-refractivity contribution in [3.05, 3.63) is 99.9 Å². The van der Waals surface area contributed by atoms with Gasteiger partial charge in [-0.1, -0.05) is 54.6 Å². The molecular formula is C29H25N5O2S. The maximum atomic E-state index is 13.8. The second kappa shape index (κ2) is 9.22. The lowest BCUT2D eigenvalue weighted by Crippen LogP contribution is -2.31. The number of thiophene rings is 1. The van der Waals surface area contributed by atoms with Crippen LogP contribution in [0.5, 0.6) is 5.75 Å². The van der Waals surface area contributed by atoms with Gasteiger partial charge in [0.1, 0.15) is 11.8 Å². The van der Waals surface area contributed by atoms with Gasteiger partial charge < -0.3 is 15.4 Å². The first kappa shape index (κ1) is 23.0. The van der Waals surface area contributed by atoms with Crippen molar-refractivity contribution in [3.63, 3.8) is 0 Å². The summed E-state index contributed by atoms with van der Waals surface area (Å²) in [5.41, 5.74) is 3.97. The molecule has 0 radical (unpaired) electrons. The SMILES string of the molecule is COc1ccccc1NC(=O)C1=C(C)Nc2nc(-c3cccc4ccccc34)nn2C1c1sccc1C. The van der Waals surface area contributed by atoms with E-state index in [1.165, 1.54) is 0 Å². The molecule has 8 heteroatoms. The summed E-state index contributed by atoms with van der Waals surface area (Å²) in [5.74, 6) is 1.59. The lowest BCUT2D eigenvalue weighted by atomic mass is 9.98. The first-order valence-electron chi connectivity index (χ1n) is 12.0. The fraction of sp³-hybridized carbons (Fsp3) is 0.138. The summed E-state index contributed by atoms with van der Waals surface area (Å²) < 4.78 is 7.28. The molecule has 0 aliphatic carbocycles. The maximum Gasteiger partial charge on any atom is 0.256 e. The van der Waals surface area contributed by atoms with Gasteiger partial charge in [-0.2, -0.15) is 4.98 Å². The van der Waals surface area contributed by atoms with Crippen LogP contribution in [0.25, 0.3) is 22.2 Å². The van der Waals surface area contributed by atoms with Crippen LogP contribution in [0.3, 0.4) is 0 Å². The molecule has 0 saturated carbocycles. The molecule has 7 nitrogen and oxygen atoms in total. The van der Waals surface area contributed by atoms with E-state index in [1.54, 1.807) is 18.4 Å². The number of nitrogens with one attached hydrogen (secondary N) is 2. The second-order valence-corrected chi connectivity index (χ2v) is 9.87. The smallest absolute Gasteiger partial charge is 0.256 e. The monoisotopic (exact) mass is 507 g/mol. The molecule has 37 heavy (non-hydrogen) atoms. The number of methoxy groups -OCH3 is 1. The van der Waals surface area contributed by atoms with E-state index in [0.717, 1.165) is 32.5 Å². The molecule has 1 unspecified atom stereocenters. The van der Waals surface area contributed by atoms with E-state index in [1.807, 2.05) is 65.5 Å². The molecule has 184 valence electrons. The molecule has 1 aliphatic rings. The Balaban J connectivity index is 1.47. The van der Waals surface area contributed by atoms with E-state index in [4.69, 9.17) is 14.8 Å². The number of anilines is 2. The first-order chi connectivity index (χ1) is 18.0. The molecule has 3 aromatic carbocycles. The third-order valence-corrected chi connectivity index (χ3v) is 7.70. The van der Waals surface area contributed by atoms with Gasteiger partial charge in [-0.15, -0.1) is 16.4 Å². The summed E-state index contributed by atoms with van der Waals surface area (Å²) >= 11 is 1.61. The number of fused-ring (bicyclic) bond motifs is 2. The Bertz CT molecular complexity index is 1680. The molecule has 1 aliphatic heterocycles. The Kier molecular flexibility index (Phi) is 5.73. The van der Waals surface area contributed by atoms with Gasteiger partial charge in [0, 0.05) is 16.1 Å². The van der Waals surface area contributed by atoms with E-state index in [0.29, 0.717) is 28.8 Å². The highest BCUT2D eigenvalue weighted by Gasteiger charge is 2.36. The number of amides is 1. The lowest BCUT2D eigenvalue weighted by Gasteiger charge is -2.28. The van der Waals surface area contributed by atoms with Gasteiger partial charge in [0.25, 0.3) is 5.91 Å². The maximum absolute atomic E-state index is 13.8. The minimum absolute atomic E-state index is 0.222. The van der Waals surface area contributed by atoms with Crippen molar-refractivity contribution in [1.29, 1.82) is 0 Å². The molecule has 1 amide bonds. The first-order valence-corrected chi connectivity index (χ1v) is 12.8. The number of benzene rings is 3. The molecule has 0 bridgehead atoms. The van der Waals surface area contributed by atoms with Crippen molar-refractivity contribution in [2.45, 2.75) is 19.9 Å². The normalized spacial score (nSPS) is 14.8. The van der Waals surface area contributed by atoms with Crippen molar-refractivity contribution >= 4 is 39.7 Å². The molecule has 2 aromatic heterocycles. The largest absolute Gasteiger partial charge is 0.495 e. The highest BCUT2D eigenvalue weighted by molar-refractivity contribution is 7.10.